The molecule has 1 aromatic carbocycles. The van der Waals surface area contributed by atoms with Crippen LogP contribution in [0.25, 0.3) is 0 Å². The summed E-state index contributed by atoms with van der Waals surface area (Å²) in [4.78, 5) is 24.1. The van der Waals surface area contributed by atoms with Crippen molar-refractivity contribution < 1.29 is 14.1 Å². The lowest BCUT2D eigenvalue weighted by Crippen LogP contribution is -2.51. The second-order valence-electron chi connectivity index (χ2n) is 5.55. The summed E-state index contributed by atoms with van der Waals surface area (Å²) in [5, 5.41) is 14.1. The topological polar surface area (TPSA) is 75.5 Å². The third-order valence-corrected chi connectivity index (χ3v) is 3.84. The van der Waals surface area contributed by atoms with Crippen LogP contribution in [-0.2, 0) is 4.79 Å². The van der Waals surface area contributed by atoms with Crippen molar-refractivity contribution in [2.24, 2.45) is 0 Å². The minimum Gasteiger partial charge on any atom is -0.311 e. The van der Waals surface area contributed by atoms with Gasteiger partial charge in [-0.25, -0.2) is 4.39 Å². The minimum absolute atomic E-state index is 0.131. The molecule has 1 heterocycles. The van der Waals surface area contributed by atoms with Crippen molar-refractivity contribution in [2.75, 3.05) is 11.4 Å². The van der Waals surface area contributed by atoms with Gasteiger partial charge in [0.05, 0.1) is 22.7 Å². The normalized spacial score (nSPS) is 22.4. The lowest BCUT2D eigenvalue weighted by Gasteiger charge is -2.32. The highest BCUT2D eigenvalue weighted by Gasteiger charge is 2.34. The number of rotatable bonds is 4. The number of non-ortho nitro benzene ring substituents is 1. The van der Waals surface area contributed by atoms with E-state index in [0.29, 0.717) is 12.6 Å². The highest BCUT2D eigenvalue weighted by Crippen LogP contribution is 2.28. The van der Waals surface area contributed by atoms with E-state index in [1.165, 1.54) is 17.0 Å². The van der Waals surface area contributed by atoms with Crippen LogP contribution >= 0.6 is 0 Å². The molecular formula is C14H16FN3O3. The van der Waals surface area contributed by atoms with Crippen LogP contribution in [0.3, 0.4) is 0 Å². The molecular weight excluding hydrogens is 277 g/mol. The Bertz CT molecular complexity index is 589. The van der Waals surface area contributed by atoms with Gasteiger partial charge in [-0.3, -0.25) is 14.9 Å². The molecule has 2 fully saturated rings. The predicted molar refractivity (Wildman–Crippen MR) is 74.6 cm³/mol. The molecule has 6 nitrogen and oxygen atoms in total. The van der Waals surface area contributed by atoms with Gasteiger partial charge >= 0.3 is 0 Å². The van der Waals surface area contributed by atoms with Gasteiger partial charge in [0, 0.05) is 18.7 Å². The van der Waals surface area contributed by atoms with Crippen LogP contribution in [0.1, 0.15) is 25.7 Å². The van der Waals surface area contributed by atoms with Gasteiger partial charge in [-0.05, 0) is 31.7 Å². The Morgan fingerprint density at radius 2 is 2.05 bits per heavy atom. The molecule has 1 amide bonds. The fourth-order valence-corrected chi connectivity index (χ4v) is 2.64. The highest BCUT2D eigenvalue weighted by atomic mass is 19.1. The van der Waals surface area contributed by atoms with E-state index < -0.39 is 10.7 Å². The van der Waals surface area contributed by atoms with Gasteiger partial charge in [-0.15, -0.1) is 0 Å². The number of hydrogen-bond acceptors (Lipinski definition) is 4. The molecule has 0 spiro atoms. The van der Waals surface area contributed by atoms with Crippen molar-refractivity contribution in [3.05, 3.63) is 34.1 Å². The SMILES string of the molecule is O=C1C(NC2CC2)CCCN1c1cc(F)cc([N+](=O)[O-])c1. The van der Waals surface area contributed by atoms with Crippen molar-refractivity contribution in [1.29, 1.82) is 0 Å². The van der Waals surface area contributed by atoms with Gasteiger partial charge < -0.3 is 10.2 Å². The maximum absolute atomic E-state index is 13.5. The van der Waals surface area contributed by atoms with Crippen LogP contribution < -0.4 is 10.2 Å². The third-order valence-electron chi connectivity index (χ3n) is 3.84. The Kier molecular flexibility index (Phi) is 3.59. The molecule has 0 radical (unpaired) electrons. The largest absolute Gasteiger partial charge is 0.311 e. The molecule has 1 aliphatic heterocycles. The number of nitrogens with one attached hydrogen (secondary N) is 1. The highest BCUT2D eigenvalue weighted by molar-refractivity contribution is 5.98. The number of anilines is 1. The van der Waals surface area contributed by atoms with Crippen molar-refractivity contribution in [1.82, 2.24) is 5.32 Å². The molecule has 7 heteroatoms. The number of piperidine rings is 1. The predicted octanol–water partition coefficient (Wildman–Crippen LogP) is 1.98. The van der Waals surface area contributed by atoms with Gasteiger partial charge in [-0.1, -0.05) is 0 Å². The molecule has 112 valence electrons. The van der Waals surface area contributed by atoms with Crippen molar-refractivity contribution in [3.8, 4) is 0 Å². The van der Waals surface area contributed by atoms with E-state index in [2.05, 4.69) is 5.32 Å². The summed E-state index contributed by atoms with van der Waals surface area (Å²) in [6, 6.07) is 3.41. The standard InChI is InChI=1S/C14H16FN3O3/c15-9-6-11(8-12(7-9)18(20)21)17-5-1-2-13(14(17)19)16-10-3-4-10/h6-8,10,13,16H,1-5H2. The lowest BCUT2D eigenvalue weighted by atomic mass is 10.0. The maximum atomic E-state index is 13.5. The molecule has 0 aromatic heterocycles. The Balaban J connectivity index is 1.84. The average Bonchev–Trinajstić information content (AvgIpc) is 3.24. The Morgan fingerprint density at radius 3 is 2.71 bits per heavy atom. The number of hydrogen-bond donors (Lipinski definition) is 1. The number of nitro groups is 1. The summed E-state index contributed by atoms with van der Waals surface area (Å²) in [5.74, 6) is -0.836. The average molecular weight is 293 g/mol. The molecule has 0 bridgehead atoms. The van der Waals surface area contributed by atoms with Crippen LogP contribution in [0.15, 0.2) is 18.2 Å². The van der Waals surface area contributed by atoms with E-state index >= 15 is 0 Å². The van der Waals surface area contributed by atoms with E-state index in [1.54, 1.807) is 0 Å². The van der Waals surface area contributed by atoms with Crippen molar-refractivity contribution in [3.63, 3.8) is 0 Å². The van der Waals surface area contributed by atoms with Gasteiger partial charge in [-0.2, -0.15) is 0 Å². The van der Waals surface area contributed by atoms with Crippen molar-refractivity contribution in [2.45, 2.75) is 37.8 Å². The second kappa shape index (κ2) is 5.40. The van der Waals surface area contributed by atoms with E-state index in [1.807, 2.05) is 0 Å². The summed E-state index contributed by atoms with van der Waals surface area (Å²) in [7, 11) is 0. The summed E-state index contributed by atoms with van der Waals surface area (Å²) < 4.78 is 13.5. The number of carbonyl (C=O) groups is 1. The number of nitrogens with zero attached hydrogens (tertiary/aromatic N) is 2. The fourth-order valence-electron chi connectivity index (χ4n) is 2.64. The first-order valence-electron chi connectivity index (χ1n) is 7.07. The third kappa shape index (κ3) is 3.02. The lowest BCUT2D eigenvalue weighted by molar-refractivity contribution is -0.385. The molecule has 1 unspecified atom stereocenters. The Labute approximate surface area is 121 Å². The molecule has 2 aliphatic rings. The molecule has 1 aromatic rings. The first kappa shape index (κ1) is 13.9. The van der Waals surface area contributed by atoms with Gasteiger partial charge in [0.1, 0.15) is 5.82 Å². The maximum Gasteiger partial charge on any atom is 0.274 e. The van der Waals surface area contributed by atoms with E-state index in [0.717, 1.165) is 31.7 Å². The summed E-state index contributed by atoms with van der Waals surface area (Å²) in [6.45, 7) is 0.461. The Morgan fingerprint density at radius 1 is 1.29 bits per heavy atom. The second-order valence-corrected chi connectivity index (χ2v) is 5.55. The number of carbonyl (C=O) groups excluding carboxylic acids is 1. The van der Waals surface area contributed by atoms with Crippen molar-refractivity contribution >= 4 is 17.3 Å². The van der Waals surface area contributed by atoms with Gasteiger partial charge in [0.2, 0.25) is 5.91 Å². The zero-order valence-electron chi connectivity index (χ0n) is 11.4. The number of nitro benzene ring substituents is 1. The van der Waals surface area contributed by atoms with E-state index in [4.69, 9.17) is 0 Å². The van der Waals surface area contributed by atoms with Crippen LogP contribution in [0.5, 0.6) is 0 Å². The van der Waals surface area contributed by atoms with E-state index in [9.17, 15) is 19.3 Å². The number of benzene rings is 1. The van der Waals surface area contributed by atoms with Gasteiger partial charge in [0.25, 0.3) is 5.69 Å². The molecule has 21 heavy (non-hydrogen) atoms. The quantitative estimate of drug-likeness (QED) is 0.680. The summed E-state index contributed by atoms with van der Waals surface area (Å²) in [5.41, 5.74) is -0.0796. The number of amides is 1. The monoisotopic (exact) mass is 293 g/mol. The Hall–Kier alpha value is -2.02. The fraction of sp³-hybridized carbons (Fsp3) is 0.500. The van der Waals surface area contributed by atoms with Crippen LogP contribution in [0, 0.1) is 15.9 Å². The zero-order valence-corrected chi connectivity index (χ0v) is 11.4. The molecule has 1 aliphatic carbocycles. The molecule has 1 saturated heterocycles. The molecule has 1 atom stereocenters. The van der Waals surface area contributed by atoms with Crippen LogP contribution in [-0.4, -0.2) is 29.5 Å². The minimum atomic E-state index is -0.704. The zero-order chi connectivity index (χ0) is 15.0. The summed E-state index contributed by atoms with van der Waals surface area (Å²) in [6.07, 6.45) is 3.70. The van der Waals surface area contributed by atoms with Gasteiger partial charge in [0.15, 0.2) is 0 Å². The first-order chi connectivity index (χ1) is 10.0. The first-order valence-corrected chi connectivity index (χ1v) is 7.07. The molecule has 1 N–H and O–H groups in total. The van der Waals surface area contributed by atoms with Crippen LogP contribution in [0.2, 0.25) is 0 Å². The smallest absolute Gasteiger partial charge is 0.274 e. The number of halogens is 1. The summed E-state index contributed by atoms with van der Waals surface area (Å²) >= 11 is 0. The molecule has 3 rings (SSSR count). The van der Waals surface area contributed by atoms with E-state index in [-0.39, 0.29) is 23.3 Å². The molecule has 1 saturated carbocycles. The van der Waals surface area contributed by atoms with Crippen LogP contribution in [0.4, 0.5) is 15.8 Å².